The molecule has 0 radical (unpaired) electrons. The van der Waals surface area contributed by atoms with Crippen molar-refractivity contribution in [2.24, 2.45) is 5.92 Å². The largest absolute Gasteiger partial charge is 0.491 e. The van der Waals surface area contributed by atoms with Crippen LogP contribution in [0.3, 0.4) is 0 Å². The summed E-state index contributed by atoms with van der Waals surface area (Å²) in [6, 6.07) is 14.8. The molecular weight excluding hydrogens is 410 g/mol. The van der Waals surface area contributed by atoms with Crippen molar-refractivity contribution in [1.29, 1.82) is 0 Å². The second-order valence-corrected chi connectivity index (χ2v) is 9.59. The molecule has 5 nitrogen and oxygen atoms in total. The fourth-order valence-corrected chi connectivity index (χ4v) is 4.34. The number of carbonyl (C=O) groups is 1. The Bertz CT molecular complexity index is 1080. The average molecular weight is 448 g/mol. The number of imidazole rings is 1. The zero-order valence-electron chi connectivity index (χ0n) is 20.3. The monoisotopic (exact) mass is 447 g/mol. The first kappa shape index (κ1) is 23.3. The number of unbranched alkanes of at least 4 members (excludes halogenated alkanes) is 2. The number of nitrogens with zero attached hydrogens (tertiary/aromatic N) is 2. The Labute approximate surface area is 197 Å². The summed E-state index contributed by atoms with van der Waals surface area (Å²) in [6.07, 6.45) is 6.24. The van der Waals surface area contributed by atoms with Crippen LogP contribution in [0.4, 0.5) is 0 Å². The third kappa shape index (κ3) is 6.16. The molecular formula is C28H37N3O2. The van der Waals surface area contributed by atoms with E-state index >= 15 is 0 Å². The molecule has 1 aliphatic carbocycles. The van der Waals surface area contributed by atoms with Crippen molar-refractivity contribution >= 4 is 16.9 Å². The van der Waals surface area contributed by atoms with Crippen LogP contribution in [0.2, 0.25) is 0 Å². The van der Waals surface area contributed by atoms with Crippen molar-refractivity contribution in [3.63, 3.8) is 0 Å². The van der Waals surface area contributed by atoms with E-state index in [0.717, 1.165) is 68.7 Å². The molecule has 1 fully saturated rings. The Balaban J connectivity index is 1.34. The first-order chi connectivity index (χ1) is 16.0. The van der Waals surface area contributed by atoms with Crippen molar-refractivity contribution in [3.8, 4) is 5.75 Å². The van der Waals surface area contributed by atoms with Crippen molar-refractivity contribution in [1.82, 2.24) is 14.9 Å². The Morgan fingerprint density at radius 1 is 1.15 bits per heavy atom. The highest BCUT2D eigenvalue weighted by Gasteiger charge is 2.28. The van der Waals surface area contributed by atoms with Gasteiger partial charge in [0.2, 0.25) is 5.91 Å². The molecule has 2 aromatic carbocycles. The van der Waals surface area contributed by atoms with Crippen LogP contribution < -0.4 is 10.1 Å². The number of carbonyl (C=O) groups excluding carboxylic acids is 1. The zero-order valence-corrected chi connectivity index (χ0v) is 20.3. The molecule has 1 N–H and O–H groups in total. The number of hydrogen-bond acceptors (Lipinski definition) is 3. The molecule has 3 aromatic rings. The minimum Gasteiger partial charge on any atom is -0.491 e. The number of fused-ring (bicyclic) bond motifs is 1. The molecule has 1 saturated carbocycles. The lowest BCUT2D eigenvalue weighted by atomic mass is 10.0. The number of rotatable bonds is 12. The quantitative estimate of drug-likeness (QED) is 0.358. The second-order valence-electron chi connectivity index (χ2n) is 9.59. The minimum atomic E-state index is 0.242. The van der Waals surface area contributed by atoms with Gasteiger partial charge in [-0.1, -0.05) is 44.5 Å². The SMILES string of the molecule is Cc1ccc(C(C)C)c(OCCn2c(CCCCCNC(=O)C3CC3)nc3ccccc32)c1. The molecule has 33 heavy (non-hydrogen) atoms. The van der Waals surface area contributed by atoms with Gasteiger partial charge in [-0.05, 0) is 67.9 Å². The van der Waals surface area contributed by atoms with Gasteiger partial charge in [-0.25, -0.2) is 4.98 Å². The van der Waals surface area contributed by atoms with Gasteiger partial charge >= 0.3 is 0 Å². The Kier molecular flexibility index (Phi) is 7.69. The molecule has 0 unspecified atom stereocenters. The van der Waals surface area contributed by atoms with Gasteiger partial charge in [-0.3, -0.25) is 4.79 Å². The molecule has 1 aromatic heterocycles. The number of amides is 1. The smallest absolute Gasteiger partial charge is 0.223 e. The molecule has 5 heteroatoms. The molecule has 0 atom stereocenters. The zero-order chi connectivity index (χ0) is 23.2. The summed E-state index contributed by atoms with van der Waals surface area (Å²) in [7, 11) is 0. The number of para-hydroxylation sites is 2. The summed E-state index contributed by atoms with van der Waals surface area (Å²) < 4.78 is 8.59. The standard InChI is InChI=1S/C28H37N3O2/c1-20(2)23-15-12-21(3)19-26(23)33-18-17-31-25-10-7-6-9-24(25)30-27(31)11-5-4-8-16-29-28(32)22-13-14-22/h6-7,9-10,12,15,19-20,22H,4-5,8,11,13-14,16-18H2,1-3H3,(H,29,32). The molecule has 1 heterocycles. The predicted octanol–water partition coefficient (Wildman–Crippen LogP) is 5.79. The molecule has 1 aliphatic rings. The summed E-state index contributed by atoms with van der Waals surface area (Å²) in [4.78, 5) is 16.7. The average Bonchev–Trinajstić information content (AvgIpc) is 3.59. The Morgan fingerprint density at radius 3 is 2.76 bits per heavy atom. The van der Waals surface area contributed by atoms with Crippen LogP contribution in [0.1, 0.15) is 68.8 Å². The minimum absolute atomic E-state index is 0.242. The van der Waals surface area contributed by atoms with E-state index in [1.54, 1.807) is 0 Å². The molecule has 1 amide bonds. The van der Waals surface area contributed by atoms with Gasteiger partial charge < -0.3 is 14.6 Å². The number of nitrogens with one attached hydrogen (secondary N) is 1. The van der Waals surface area contributed by atoms with Crippen LogP contribution in [0.15, 0.2) is 42.5 Å². The maximum atomic E-state index is 11.7. The molecule has 176 valence electrons. The number of aromatic nitrogens is 2. The predicted molar refractivity (Wildman–Crippen MR) is 134 cm³/mol. The van der Waals surface area contributed by atoms with Gasteiger partial charge in [0.05, 0.1) is 17.6 Å². The van der Waals surface area contributed by atoms with Crippen LogP contribution >= 0.6 is 0 Å². The number of hydrogen-bond donors (Lipinski definition) is 1. The van der Waals surface area contributed by atoms with E-state index < -0.39 is 0 Å². The van der Waals surface area contributed by atoms with Crippen LogP contribution in [0.25, 0.3) is 11.0 Å². The van der Waals surface area contributed by atoms with E-state index in [2.05, 4.69) is 67.1 Å². The van der Waals surface area contributed by atoms with Gasteiger partial charge in [-0.15, -0.1) is 0 Å². The lowest BCUT2D eigenvalue weighted by Crippen LogP contribution is -2.25. The van der Waals surface area contributed by atoms with Crippen molar-refractivity contribution in [3.05, 3.63) is 59.4 Å². The van der Waals surface area contributed by atoms with Crippen molar-refractivity contribution in [2.45, 2.75) is 71.8 Å². The van der Waals surface area contributed by atoms with Gasteiger partial charge in [0.15, 0.2) is 0 Å². The van der Waals surface area contributed by atoms with E-state index in [-0.39, 0.29) is 5.91 Å². The highest BCUT2D eigenvalue weighted by molar-refractivity contribution is 5.80. The van der Waals surface area contributed by atoms with Crippen LogP contribution in [0.5, 0.6) is 5.75 Å². The molecule has 0 spiro atoms. The van der Waals surface area contributed by atoms with Crippen LogP contribution in [-0.2, 0) is 17.8 Å². The summed E-state index contributed by atoms with van der Waals surface area (Å²) in [5, 5.41) is 3.06. The maximum Gasteiger partial charge on any atom is 0.223 e. The molecule has 0 bridgehead atoms. The first-order valence-corrected chi connectivity index (χ1v) is 12.5. The van der Waals surface area contributed by atoms with E-state index in [9.17, 15) is 4.79 Å². The molecule has 0 aliphatic heterocycles. The Morgan fingerprint density at radius 2 is 1.97 bits per heavy atom. The fraction of sp³-hybridized carbons (Fsp3) is 0.500. The van der Waals surface area contributed by atoms with Gasteiger partial charge in [-0.2, -0.15) is 0 Å². The highest BCUT2D eigenvalue weighted by Crippen LogP contribution is 2.29. The van der Waals surface area contributed by atoms with Crippen LogP contribution in [-0.4, -0.2) is 28.6 Å². The van der Waals surface area contributed by atoms with Gasteiger partial charge in [0.25, 0.3) is 0 Å². The summed E-state index contributed by atoms with van der Waals surface area (Å²) >= 11 is 0. The first-order valence-electron chi connectivity index (χ1n) is 12.5. The normalized spacial score (nSPS) is 13.6. The van der Waals surface area contributed by atoms with Gasteiger partial charge in [0.1, 0.15) is 18.2 Å². The topological polar surface area (TPSA) is 56.1 Å². The highest BCUT2D eigenvalue weighted by atomic mass is 16.5. The van der Waals surface area contributed by atoms with E-state index in [1.165, 1.54) is 16.6 Å². The van der Waals surface area contributed by atoms with Crippen molar-refractivity contribution in [2.75, 3.05) is 13.2 Å². The van der Waals surface area contributed by atoms with E-state index in [4.69, 9.17) is 9.72 Å². The third-order valence-corrected chi connectivity index (χ3v) is 6.42. The molecule has 4 rings (SSSR count). The number of ether oxygens (including phenoxy) is 1. The number of aryl methyl sites for hydroxylation is 2. The summed E-state index contributed by atoms with van der Waals surface area (Å²) in [5.41, 5.74) is 4.69. The van der Waals surface area contributed by atoms with Gasteiger partial charge in [0, 0.05) is 18.9 Å². The Hall–Kier alpha value is -2.82. The van der Waals surface area contributed by atoms with Crippen LogP contribution in [0, 0.1) is 12.8 Å². The molecule has 0 saturated heterocycles. The van der Waals surface area contributed by atoms with Crippen molar-refractivity contribution < 1.29 is 9.53 Å². The summed E-state index contributed by atoms with van der Waals surface area (Å²) in [5.74, 6) is 3.08. The lowest BCUT2D eigenvalue weighted by Gasteiger charge is -2.16. The maximum absolute atomic E-state index is 11.7. The van der Waals surface area contributed by atoms with E-state index in [1.807, 2.05) is 6.07 Å². The van der Waals surface area contributed by atoms with E-state index in [0.29, 0.717) is 18.4 Å². The number of benzene rings is 2. The summed E-state index contributed by atoms with van der Waals surface area (Å²) in [6.45, 7) is 8.69. The lowest BCUT2D eigenvalue weighted by molar-refractivity contribution is -0.122. The second kappa shape index (κ2) is 10.9. The fourth-order valence-electron chi connectivity index (χ4n) is 4.34. The third-order valence-electron chi connectivity index (χ3n) is 6.42.